The lowest BCUT2D eigenvalue weighted by molar-refractivity contribution is 0.0183. The molecule has 10 heteroatoms. The Hall–Kier alpha value is -4.60. The molecule has 0 saturated carbocycles. The van der Waals surface area contributed by atoms with E-state index in [9.17, 15) is 19.2 Å². The van der Waals surface area contributed by atoms with Crippen LogP contribution >= 0.6 is 0 Å². The van der Waals surface area contributed by atoms with Gasteiger partial charge in [-0.25, -0.2) is 4.79 Å². The molecule has 2 aromatic heterocycles. The minimum absolute atomic E-state index is 0.152. The monoisotopic (exact) mass is 586 g/mol. The van der Waals surface area contributed by atoms with Crippen molar-refractivity contribution in [2.75, 3.05) is 26.7 Å². The molecular weight excluding hydrogens is 548 g/mol. The summed E-state index contributed by atoms with van der Waals surface area (Å²) in [5.41, 5.74) is 0.950. The second-order valence-corrected chi connectivity index (χ2v) is 12.0. The summed E-state index contributed by atoms with van der Waals surface area (Å²) < 4.78 is 14.3. The van der Waals surface area contributed by atoms with E-state index >= 15 is 0 Å². The number of likely N-dealkylation sites (tertiary alicyclic amines) is 1. The van der Waals surface area contributed by atoms with Gasteiger partial charge in [-0.3, -0.25) is 19.0 Å². The van der Waals surface area contributed by atoms with Crippen LogP contribution in [-0.4, -0.2) is 64.2 Å². The standard InChI is InChI=1S/C33H38N4O6/c1-33(2,3)43-32(41)36-17-15-21(16-18-36)19-34-30(39)28-29(42-5)26-27(35(28)4)23-13-9-10-14-24(23)37(31(26)40)20-25(38)22-11-7-6-8-12-22/h6-14,21H,15-20H2,1-5H3,(H,34,39). The summed E-state index contributed by atoms with van der Waals surface area (Å²) in [4.78, 5) is 54.9. The highest BCUT2D eigenvalue weighted by Gasteiger charge is 2.30. The van der Waals surface area contributed by atoms with Crippen LogP contribution in [0.4, 0.5) is 4.79 Å². The molecule has 0 bridgehead atoms. The van der Waals surface area contributed by atoms with Crippen LogP contribution in [0.2, 0.25) is 0 Å². The van der Waals surface area contributed by atoms with Crippen molar-refractivity contribution in [2.24, 2.45) is 13.0 Å². The lowest BCUT2D eigenvalue weighted by Gasteiger charge is -2.33. The number of hydrogen-bond acceptors (Lipinski definition) is 6. The van der Waals surface area contributed by atoms with E-state index in [0.29, 0.717) is 36.2 Å². The number of pyridine rings is 1. The smallest absolute Gasteiger partial charge is 0.410 e. The molecule has 2 aromatic carbocycles. The van der Waals surface area contributed by atoms with Gasteiger partial charge in [0, 0.05) is 37.6 Å². The predicted octanol–water partition coefficient (Wildman–Crippen LogP) is 4.76. The maximum Gasteiger partial charge on any atom is 0.410 e. The number of para-hydroxylation sites is 1. The van der Waals surface area contributed by atoms with Gasteiger partial charge in [-0.15, -0.1) is 0 Å². The van der Waals surface area contributed by atoms with Crippen molar-refractivity contribution < 1.29 is 23.9 Å². The van der Waals surface area contributed by atoms with Crippen molar-refractivity contribution in [2.45, 2.75) is 45.8 Å². The largest absolute Gasteiger partial charge is 0.493 e. The fourth-order valence-electron chi connectivity index (χ4n) is 5.76. The highest BCUT2D eigenvalue weighted by atomic mass is 16.6. The number of methoxy groups -OCH3 is 1. The molecule has 43 heavy (non-hydrogen) atoms. The number of benzene rings is 2. The molecule has 3 heterocycles. The topological polar surface area (TPSA) is 112 Å². The summed E-state index contributed by atoms with van der Waals surface area (Å²) in [6.45, 7) is 6.91. The van der Waals surface area contributed by atoms with Gasteiger partial charge in [0.1, 0.15) is 11.0 Å². The van der Waals surface area contributed by atoms with Gasteiger partial charge in [0.25, 0.3) is 11.5 Å². The molecule has 226 valence electrons. The third-order valence-electron chi connectivity index (χ3n) is 7.89. The SMILES string of the molecule is COc1c(C(=O)NCC2CCN(C(=O)OC(C)(C)C)CC2)n(C)c2c1c(=O)n(CC(=O)c1ccccc1)c1ccccc21. The first-order chi connectivity index (χ1) is 20.5. The van der Waals surface area contributed by atoms with Crippen molar-refractivity contribution in [3.05, 3.63) is 76.2 Å². The Balaban J connectivity index is 1.42. The highest BCUT2D eigenvalue weighted by Crippen LogP contribution is 2.34. The molecule has 0 radical (unpaired) electrons. The number of fused-ring (bicyclic) bond motifs is 3. The molecule has 1 saturated heterocycles. The van der Waals surface area contributed by atoms with Crippen molar-refractivity contribution in [3.63, 3.8) is 0 Å². The quantitative estimate of drug-likeness (QED) is 0.313. The Labute approximate surface area is 250 Å². The van der Waals surface area contributed by atoms with Crippen molar-refractivity contribution in [1.29, 1.82) is 0 Å². The molecule has 0 atom stereocenters. The van der Waals surface area contributed by atoms with Gasteiger partial charge < -0.3 is 24.3 Å². The van der Waals surface area contributed by atoms with E-state index in [1.807, 2.05) is 45.0 Å². The summed E-state index contributed by atoms with van der Waals surface area (Å²) in [5, 5.41) is 4.01. The number of ether oxygens (including phenoxy) is 2. The van der Waals surface area contributed by atoms with E-state index in [0.717, 1.165) is 18.2 Å². The van der Waals surface area contributed by atoms with Gasteiger partial charge in [0.05, 0.1) is 24.7 Å². The zero-order valence-corrected chi connectivity index (χ0v) is 25.3. The number of rotatable bonds is 7. The minimum Gasteiger partial charge on any atom is -0.493 e. The minimum atomic E-state index is -0.550. The number of aryl methyl sites for hydroxylation is 1. The molecule has 10 nitrogen and oxygen atoms in total. The molecule has 1 aliphatic heterocycles. The van der Waals surface area contributed by atoms with Crippen LogP contribution in [0.5, 0.6) is 5.75 Å². The number of ketones is 1. The van der Waals surface area contributed by atoms with Crippen LogP contribution < -0.4 is 15.6 Å². The second-order valence-electron chi connectivity index (χ2n) is 12.0. The fourth-order valence-corrected chi connectivity index (χ4v) is 5.76. The molecule has 4 aromatic rings. The number of carbonyl (C=O) groups excluding carboxylic acids is 3. The number of Topliss-reactive ketones (excluding diaryl/α,β-unsaturated/α-hetero) is 1. The van der Waals surface area contributed by atoms with E-state index in [-0.39, 0.29) is 47.1 Å². The van der Waals surface area contributed by atoms with Crippen molar-refractivity contribution in [1.82, 2.24) is 19.4 Å². The zero-order chi connectivity index (χ0) is 30.9. The van der Waals surface area contributed by atoms with Gasteiger partial charge >= 0.3 is 6.09 Å². The molecule has 1 aliphatic rings. The maximum absolute atomic E-state index is 14.0. The molecule has 0 aliphatic carbocycles. The molecule has 0 unspecified atom stereocenters. The molecule has 5 rings (SSSR count). The first-order valence-electron chi connectivity index (χ1n) is 14.5. The Morgan fingerprint density at radius 3 is 2.28 bits per heavy atom. The van der Waals surface area contributed by atoms with E-state index in [1.54, 1.807) is 46.8 Å². The number of carbonyl (C=O) groups is 3. The second kappa shape index (κ2) is 11.9. The van der Waals surface area contributed by atoms with Gasteiger partial charge in [-0.1, -0.05) is 48.5 Å². The van der Waals surface area contributed by atoms with E-state index in [1.165, 1.54) is 11.7 Å². The van der Waals surface area contributed by atoms with E-state index in [4.69, 9.17) is 9.47 Å². The summed E-state index contributed by atoms with van der Waals surface area (Å²) >= 11 is 0. The predicted molar refractivity (Wildman–Crippen MR) is 165 cm³/mol. The van der Waals surface area contributed by atoms with Crippen LogP contribution in [0, 0.1) is 5.92 Å². The Kier molecular flexibility index (Phi) is 8.30. The van der Waals surface area contributed by atoms with Gasteiger partial charge in [0.2, 0.25) is 0 Å². The van der Waals surface area contributed by atoms with Crippen LogP contribution in [0.1, 0.15) is 54.5 Å². The molecule has 2 amide bonds. The molecule has 0 spiro atoms. The van der Waals surface area contributed by atoms with E-state index < -0.39 is 11.2 Å². The summed E-state index contributed by atoms with van der Waals surface area (Å²) in [6, 6.07) is 16.2. The molecular formula is C33H38N4O6. The van der Waals surface area contributed by atoms with E-state index in [2.05, 4.69) is 5.32 Å². The van der Waals surface area contributed by atoms with Crippen LogP contribution in [0.25, 0.3) is 21.8 Å². The summed E-state index contributed by atoms with van der Waals surface area (Å²) in [6.07, 6.45) is 1.14. The Morgan fingerprint density at radius 1 is 0.977 bits per heavy atom. The number of piperidine rings is 1. The third-order valence-corrected chi connectivity index (χ3v) is 7.89. The number of nitrogens with zero attached hydrogens (tertiary/aromatic N) is 3. The lowest BCUT2D eigenvalue weighted by Crippen LogP contribution is -2.43. The van der Waals surface area contributed by atoms with Crippen molar-refractivity contribution >= 4 is 39.6 Å². The van der Waals surface area contributed by atoms with Gasteiger partial charge in [-0.05, 0) is 45.6 Å². The lowest BCUT2D eigenvalue weighted by atomic mass is 9.97. The average Bonchev–Trinajstić information content (AvgIpc) is 3.30. The number of hydrogen-bond donors (Lipinski definition) is 1. The van der Waals surface area contributed by atoms with Crippen LogP contribution in [-0.2, 0) is 18.3 Å². The number of amides is 2. The van der Waals surface area contributed by atoms with Crippen LogP contribution in [0.3, 0.4) is 0 Å². The number of aromatic nitrogens is 2. The first kappa shape index (κ1) is 29.9. The molecule has 1 N–H and O–H groups in total. The van der Waals surface area contributed by atoms with Crippen LogP contribution in [0.15, 0.2) is 59.4 Å². The highest BCUT2D eigenvalue weighted by molar-refractivity contribution is 6.12. The Morgan fingerprint density at radius 2 is 1.63 bits per heavy atom. The zero-order valence-electron chi connectivity index (χ0n) is 25.3. The van der Waals surface area contributed by atoms with Crippen molar-refractivity contribution in [3.8, 4) is 5.75 Å². The van der Waals surface area contributed by atoms with Gasteiger partial charge in [0.15, 0.2) is 17.2 Å². The third kappa shape index (κ3) is 6.00. The average molecular weight is 587 g/mol. The van der Waals surface area contributed by atoms with Gasteiger partial charge in [-0.2, -0.15) is 0 Å². The number of nitrogens with one attached hydrogen (secondary N) is 1. The normalized spacial score (nSPS) is 14.2. The maximum atomic E-state index is 14.0. The summed E-state index contributed by atoms with van der Waals surface area (Å²) in [7, 11) is 3.18. The Bertz CT molecular complexity index is 1740. The summed E-state index contributed by atoms with van der Waals surface area (Å²) in [5.74, 6) is -0.199. The molecule has 1 fully saturated rings. The fraction of sp³-hybridized carbons (Fsp3) is 0.394. The first-order valence-corrected chi connectivity index (χ1v) is 14.5.